The largest absolute Gasteiger partial charge is 0.469 e. The predicted molar refractivity (Wildman–Crippen MR) is 129 cm³/mol. The lowest BCUT2D eigenvalue weighted by Crippen LogP contribution is -2.43. The van der Waals surface area contributed by atoms with Crippen molar-refractivity contribution in [3.05, 3.63) is 83.8 Å². The van der Waals surface area contributed by atoms with Crippen molar-refractivity contribution in [1.82, 2.24) is 10.3 Å². The Morgan fingerprint density at radius 1 is 1.24 bits per heavy atom. The van der Waals surface area contributed by atoms with Crippen molar-refractivity contribution in [3.8, 4) is 11.1 Å². The van der Waals surface area contributed by atoms with Gasteiger partial charge in [0, 0.05) is 35.7 Å². The van der Waals surface area contributed by atoms with Gasteiger partial charge in [0.05, 0.1) is 18.6 Å². The molecule has 1 fully saturated rings. The molecule has 176 valence electrons. The summed E-state index contributed by atoms with van der Waals surface area (Å²) in [5.41, 5.74) is 3.82. The van der Waals surface area contributed by atoms with Crippen molar-refractivity contribution in [2.45, 2.75) is 44.6 Å². The molecule has 2 aliphatic carbocycles. The average Bonchev–Trinajstić information content (AvgIpc) is 3.30. The molecule has 2 heterocycles. The van der Waals surface area contributed by atoms with Gasteiger partial charge in [-0.15, -0.1) is 0 Å². The van der Waals surface area contributed by atoms with Gasteiger partial charge < -0.3 is 14.5 Å². The van der Waals surface area contributed by atoms with Gasteiger partial charge in [-0.2, -0.15) is 0 Å². The van der Waals surface area contributed by atoms with Crippen LogP contribution in [0.2, 0.25) is 0 Å². The van der Waals surface area contributed by atoms with Crippen LogP contribution in [-0.4, -0.2) is 23.7 Å². The first-order valence-corrected chi connectivity index (χ1v) is 12.0. The van der Waals surface area contributed by atoms with E-state index < -0.39 is 0 Å². The predicted octanol–water partition coefficient (Wildman–Crippen LogP) is 6.36. The van der Waals surface area contributed by atoms with E-state index in [0.717, 1.165) is 48.3 Å². The van der Waals surface area contributed by atoms with E-state index in [4.69, 9.17) is 9.15 Å². The van der Waals surface area contributed by atoms with Crippen molar-refractivity contribution >= 4 is 12.2 Å². The van der Waals surface area contributed by atoms with Gasteiger partial charge in [-0.3, -0.25) is 4.98 Å². The van der Waals surface area contributed by atoms with E-state index in [0.29, 0.717) is 18.4 Å². The second kappa shape index (κ2) is 9.84. The molecule has 3 aromatic rings. The number of nitrogens with zero attached hydrogens (tertiary/aromatic N) is 1. The maximum atomic E-state index is 13.5. The van der Waals surface area contributed by atoms with Crippen LogP contribution in [0.15, 0.2) is 65.4 Å². The van der Waals surface area contributed by atoms with E-state index in [9.17, 15) is 9.18 Å². The third-order valence-electron chi connectivity index (χ3n) is 7.11. The molecule has 5 rings (SSSR count). The molecular formula is C28H29FN2O3. The fraction of sp³-hybridized carbons (Fsp3) is 0.357. The fourth-order valence-corrected chi connectivity index (χ4v) is 5.54. The highest BCUT2D eigenvalue weighted by atomic mass is 19.1. The number of carbonyl (C=O) groups excluding carboxylic acids is 1. The molecule has 2 aromatic heterocycles. The summed E-state index contributed by atoms with van der Waals surface area (Å²) in [6.45, 7) is 2.20. The van der Waals surface area contributed by atoms with E-state index >= 15 is 0 Å². The number of halogens is 1. The highest BCUT2D eigenvalue weighted by Crippen LogP contribution is 2.48. The number of hydrogen-bond acceptors (Lipinski definition) is 4. The Morgan fingerprint density at radius 3 is 2.94 bits per heavy atom. The fourth-order valence-electron chi connectivity index (χ4n) is 5.54. The monoisotopic (exact) mass is 460 g/mol. The number of allylic oxidation sites excluding steroid dienone is 1. The van der Waals surface area contributed by atoms with Gasteiger partial charge in [-0.25, -0.2) is 9.18 Å². The SMILES string of the molecule is CCOC(=O)N[C@H]1CC[C@@H]2[C@H](Cc3occc3[C@H]2/C=C/c2ccc(-c3cccc(F)c3)cn2)C1. The number of amides is 1. The van der Waals surface area contributed by atoms with Crippen LogP contribution in [0, 0.1) is 17.7 Å². The molecule has 1 saturated carbocycles. The van der Waals surface area contributed by atoms with Crippen LogP contribution in [0.25, 0.3) is 17.2 Å². The summed E-state index contributed by atoms with van der Waals surface area (Å²) >= 11 is 0. The maximum absolute atomic E-state index is 13.5. The molecule has 4 atom stereocenters. The molecule has 0 radical (unpaired) electrons. The van der Waals surface area contributed by atoms with Gasteiger partial charge in [0.15, 0.2) is 0 Å². The lowest BCUT2D eigenvalue weighted by molar-refractivity contribution is 0.126. The molecule has 1 amide bonds. The molecule has 2 aliphatic rings. The Hall–Kier alpha value is -3.41. The van der Waals surface area contributed by atoms with Gasteiger partial charge in [-0.1, -0.05) is 24.3 Å². The molecule has 1 N–H and O–H groups in total. The van der Waals surface area contributed by atoms with Gasteiger partial charge in [-0.05, 0) is 73.9 Å². The number of nitrogens with one attached hydrogen (secondary N) is 1. The summed E-state index contributed by atoms with van der Waals surface area (Å²) in [6, 6.07) is 12.7. The second-order valence-corrected chi connectivity index (χ2v) is 9.17. The zero-order chi connectivity index (χ0) is 23.5. The zero-order valence-electron chi connectivity index (χ0n) is 19.2. The Balaban J connectivity index is 1.32. The first kappa shape index (κ1) is 22.4. The van der Waals surface area contributed by atoms with Crippen LogP contribution >= 0.6 is 0 Å². The van der Waals surface area contributed by atoms with Crippen LogP contribution in [0.5, 0.6) is 0 Å². The highest BCUT2D eigenvalue weighted by molar-refractivity contribution is 5.67. The van der Waals surface area contributed by atoms with Crippen molar-refractivity contribution < 1.29 is 18.3 Å². The normalized spacial score (nSPS) is 23.8. The van der Waals surface area contributed by atoms with Crippen LogP contribution in [0.4, 0.5) is 9.18 Å². The smallest absolute Gasteiger partial charge is 0.407 e. The minimum absolute atomic E-state index is 0.137. The van der Waals surface area contributed by atoms with Crippen molar-refractivity contribution in [2.75, 3.05) is 6.61 Å². The number of aromatic nitrogens is 1. The minimum Gasteiger partial charge on any atom is -0.469 e. The molecular weight excluding hydrogens is 431 g/mol. The number of hydrogen-bond donors (Lipinski definition) is 1. The molecule has 0 saturated heterocycles. The Kier molecular flexibility index (Phi) is 6.48. The molecule has 6 heteroatoms. The summed E-state index contributed by atoms with van der Waals surface area (Å²) in [5.74, 6) is 1.98. The number of pyridine rings is 1. The number of fused-ring (bicyclic) bond motifs is 2. The number of alkyl carbamates (subject to hydrolysis) is 1. The summed E-state index contributed by atoms with van der Waals surface area (Å²) < 4.78 is 24.4. The molecule has 0 bridgehead atoms. The molecule has 0 aliphatic heterocycles. The van der Waals surface area contributed by atoms with Gasteiger partial charge in [0.2, 0.25) is 0 Å². The average molecular weight is 461 g/mol. The summed E-state index contributed by atoms with van der Waals surface area (Å²) in [5, 5.41) is 3.02. The van der Waals surface area contributed by atoms with E-state index in [1.165, 1.54) is 17.7 Å². The van der Waals surface area contributed by atoms with Crippen LogP contribution < -0.4 is 5.32 Å². The molecule has 5 nitrogen and oxygen atoms in total. The lowest BCUT2D eigenvalue weighted by atomic mass is 9.64. The minimum atomic E-state index is -0.329. The number of benzene rings is 1. The number of rotatable bonds is 5. The van der Waals surface area contributed by atoms with Gasteiger partial charge in [0.1, 0.15) is 11.6 Å². The van der Waals surface area contributed by atoms with E-state index in [1.807, 2.05) is 25.1 Å². The third kappa shape index (κ3) is 4.76. The Morgan fingerprint density at radius 2 is 2.15 bits per heavy atom. The van der Waals surface area contributed by atoms with Gasteiger partial charge >= 0.3 is 6.09 Å². The van der Waals surface area contributed by atoms with E-state index in [2.05, 4.69) is 28.5 Å². The zero-order valence-corrected chi connectivity index (χ0v) is 19.2. The molecule has 0 unspecified atom stereocenters. The first-order valence-electron chi connectivity index (χ1n) is 12.0. The quantitative estimate of drug-likeness (QED) is 0.481. The molecule has 1 aromatic carbocycles. The second-order valence-electron chi connectivity index (χ2n) is 9.17. The Bertz CT molecular complexity index is 1170. The highest BCUT2D eigenvalue weighted by Gasteiger charge is 2.41. The standard InChI is InChI=1S/C28H29FN2O3/c1-2-33-28(32)31-23-9-10-24-20(15-23)16-27-26(12-13-34-27)25(24)11-8-22-7-6-19(17-30-22)18-4-3-5-21(29)14-18/h3-8,11-14,17,20,23-25H,2,9-10,15-16H2,1H3,(H,31,32)/b11-8+/t20-,23-,24+,25-/m0/s1. The summed E-state index contributed by atoms with van der Waals surface area (Å²) in [7, 11) is 0. The van der Waals surface area contributed by atoms with Crippen LogP contribution in [-0.2, 0) is 11.2 Å². The topological polar surface area (TPSA) is 64.4 Å². The first-order chi connectivity index (χ1) is 16.6. The van der Waals surface area contributed by atoms with Gasteiger partial charge in [0.25, 0.3) is 0 Å². The number of carbonyl (C=O) groups is 1. The lowest BCUT2D eigenvalue weighted by Gasteiger charge is -2.42. The van der Waals surface area contributed by atoms with E-state index in [-0.39, 0.29) is 23.9 Å². The summed E-state index contributed by atoms with van der Waals surface area (Å²) in [4.78, 5) is 16.5. The van der Waals surface area contributed by atoms with Crippen molar-refractivity contribution in [2.24, 2.45) is 11.8 Å². The molecule has 0 spiro atoms. The summed E-state index contributed by atoms with van der Waals surface area (Å²) in [6.07, 6.45) is 11.4. The van der Waals surface area contributed by atoms with Crippen LogP contribution in [0.1, 0.15) is 49.1 Å². The molecule has 34 heavy (non-hydrogen) atoms. The van der Waals surface area contributed by atoms with Crippen molar-refractivity contribution in [3.63, 3.8) is 0 Å². The van der Waals surface area contributed by atoms with Crippen molar-refractivity contribution in [1.29, 1.82) is 0 Å². The number of ether oxygens (including phenoxy) is 1. The third-order valence-corrected chi connectivity index (χ3v) is 7.11. The van der Waals surface area contributed by atoms with Crippen LogP contribution in [0.3, 0.4) is 0 Å². The number of furan rings is 1. The maximum Gasteiger partial charge on any atom is 0.407 e. The Labute approximate surface area is 199 Å². The van der Waals surface area contributed by atoms with E-state index in [1.54, 1.807) is 18.5 Å².